The fourth-order valence-electron chi connectivity index (χ4n) is 2.69. The quantitative estimate of drug-likeness (QED) is 0.645. The van der Waals surface area contributed by atoms with Crippen LogP contribution in [0.2, 0.25) is 0 Å². The second-order valence-corrected chi connectivity index (χ2v) is 5.24. The molecular formula is C15H21N3O3. The van der Waals surface area contributed by atoms with Crippen LogP contribution in [-0.4, -0.2) is 28.3 Å². The average molecular weight is 291 g/mol. The highest BCUT2D eigenvalue weighted by Gasteiger charge is 2.38. The van der Waals surface area contributed by atoms with Crippen LogP contribution in [0.3, 0.4) is 0 Å². The zero-order valence-electron chi connectivity index (χ0n) is 12.4. The molecule has 1 N–H and O–H groups in total. The molecule has 1 amide bonds. The molecule has 1 aromatic carbocycles. The predicted octanol–water partition coefficient (Wildman–Crippen LogP) is 2.60. The van der Waals surface area contributed by atoms with Gasteiger partial charge in [-0.2, -0.15) is 0 Å². The number of nitrogens with one attached hydrogen (secondary N) is 1. The minimum absolute atomic E-state index is 0.0636. The molecule has 1 aliphatic heterocycles. The van der Waals surface area contributed by atoms with Gasteiger partial charge in [0.2, 0.25) is 5.91 Å². The van der Waals surface area contributed by atoms with E-state index < -0.39 is 4.92 Å². The average Bonchev–Trinajstić information content (AvgIpc) is 2.81. The summed E-state index contributed by atoms with van der Waals surface area (Å²) in [6.45, 7) is 4.67. The van der Waals surface area contributed by atoms with Gasteiger partial charge in [-0.3, -0.25) is 20.2 Å². The highest BCUT2D eigenvalue weighted by atomic mass is 16.6. The SMILES string of the molecule is CCCCC1NC(c2ccc([N+](=O)[O-])cc2)N(CC)C1=O. The lowest BCUT2D eigenvalue weighted by Gasteiger charge is -2.22. The normalized spacial score (nSPS) is 21.8. The van der Waals surface area contributed by atoms with Crippen molar-refractivity contribution < 1.29 is 9.72 Å². The highest BCUT2D eigenvalue weighted by molar-refractivity contribution is 5.84. The van der Waals surface area contributed by atoms with Gasteiger partial charge in [0.1, 0.15) is 6.17 Å². The third-order valence-corrected chi connectivity index (χ3v) is 3.86. The van der Waals surface area contributed by atoms with E-state index in [0.29, 0.717) is 6.54 Å². The van der Waals surface area contributed by atoms with Crippen molar-refractivity contribution in [2.75, 3.05) is 6.54 Å². The molecule has 6 nitrogen and oxygen atoms in total. The molecule has 1 saturated heterocycles. The fourth-order valence-corrected chi connectivity index (χ4v) is 2.69. The van der Waals surface area contributed by atoms with Crippen molar-refractivity contribution in [2.24, 2.45) is 0 Å². The maximum atomic E-state index is 12.4. The largest absolute Gasteiger partial charge is 0.322 e. The van der Waals surface area contributed by atoms with Gasteiger partial charge < -0.3 is 4.90 Å². The summed E-state index contributed by atoms with van der Waals surface area (Å²) in [6.07, 6.45) is 2.70. The molecule has 114 valence electrons. The van der Waals surface area contributed by atoms with Crippen molar-refractivity contribution in [1.29, 1.82) is 0 Å². The summed E-state index contributed by atoms with van der Waals surface area (Å²) >= 11 is 0. The Hall–Kier alpha value is -1.95. The molecule has 6 heteroatoms. The van der Waals surface area contributed by atoms with E-state index in [-0.39, 0.29) is 23.8 Å². The van der Waals surface area contributed by atoms with Gasteiger partial charge in [-0.1, -0.05) is 19.8 Å². The van der Waals surface area contributed by atoms with Gasteiger partial charge in [-0.05, 0) is 31.0 Å². The zero-order chi connectivity index (χ0) is 15.4. The first kappa shape index (κ1) is 15.4. The molecule has 21 heavy (non-hydrogen) atoms. The first-order valence-electron chi connectivity index (χ1n) is 7.39. The third kappa shape index (κ3) is 3.21. The van der Waals surface area contributed by atoms with E-state index >= 15 is 0 Å². The van der Waals surface area contributed by atoms with Gasteiger partial charge in [0.15, 0.2) is 0 Å². The minimum atomic E-state index is -0.418. The van der Waals surface area contributed by atoms with Gasteiger partial charge in [-0.25, -0.2) is 0 Å². The fraction of sp³-hybridized carbons (Fsp3) is 0.533. The van der Waals surface area contributed by atoms with Crippen LogP contribution in [0.25, 0.3) is 0 Å². The smallest absolute Gasteiger partial charge is 0.269 e. The molecule has 2 rings (SSSR count). The Bertz CT molecular complexity index is 515. The molecule has 1 fully saturated rings. The number of benzene rings is 1. The molecule has 2 atom stereocenters. The van der Waals surface area contributed by atoms with E-state index in [1.165, 1.54) is 12.1 Å². The highest BCUT2D eigenvalue weighted by Crippen LogP contribution is 2.28. The molecular weight excluding hydrogens is 270 g/mol. The number of hydrogen-bond donors (Lipinski definition) is 1. The summed E-state index contributed by atoms with van der Waals surface area (Å²) in [5, 5.41) is 14.0. The van der Waals surface area contributed by atoms with Crippen LogP contribution >= 0.6 is 0 Å². The first-order valence-corrected chi connectivity index (χ1v) is 7.39. The Labute approximate surface area is 124 Å². The summed E-state index contributed by atoms with van der Waals surface area (Å²) in [5.41, 5.74) is 0.948. The van der Waals surface area contributed by atoms with Crippen LogP contribution in [0, 0.1) is 10.1 Å². The molecule has 0 radical (unpaired) electrons. The van der Waals surface area contributed by atoms with Crippen LogP contribution in [0.4, 0.5) is 5.69 Å². The molecule has 2 unspecified atom stereocenters. The molecule has 0 saturated carbocycles. The molecule has 0 aromatic heterocycles. The van der Waals surface area contributed by atoms with Crippen molar-refractivity contribution in [3.8, 4) is 0 Å². The summed E-state index contributed by atoms with van der Waals surface area (Å²) < 4.78 is 0. The standard InChI is InChI=1S/C15H21N3O3/c1-3-5-6-13-15(19)17(4-2)14(16-13)11-7-9-12(10-8-11)18(20)21/h7-10,13-14,16H,3-6H2,1-2H3. The lowest BCUT2D eigenvalue weighted by atomic mass is 10.1. The topological polar surface area (TPSA) is 75.5 Å². The van der Waals surface area contributed by atoms with Gasteiger partial charge in [0.25, 0.3) is 5.69 Å². The van der Waals surface area contributed by atoms with E-state index in [9.17, 15) is 14.9 Å². The van der Waals surface area contributed by atoms with Gasteiger partial charge in [-0.15, -0.1) is 0 Å². The van der Waals surface area contributed by atoms with Crippen molar-refractivity contribution in [2.45, 2.75) is 45.3 Å². The monoisotopic (exact) mass is 291 g/mol. The summed E-state index contributed by atoms with van der Waals surface area (Å²) in [7, 11) is 0. The van der Waals surface area contributed by atoms with E-state index in [2.05, 4.69) is 12.2 Å². The predicted molar refractivity (Wildman–Crippen MR) is 79.7 cm³/mol. The number of nitro groups is 1. The molecule has 0 spiro atoms. The lowest BCUT2D eigenvalue weighted by molar-refractivity contribution is -0.384. The van der Waals surface area contributed by atoms with Crippen LogP contribution < -0.4 is 5.32 Å². The van der Waals surface area contributed by atoms with E-state index in [4.69, 9.17) is 0 Å². The van der Waals surface area contributed by atoms with E-state index in [0.717, 1.165) is 24.8 Å². The molecule has 1 aliphatic rings. The van der Waals surface area contributed by atoms with Crippen molar-refractivity contribution >= 4 is 11.6 Å². The number of carbonyl (C=O) groups is 1. The number of unbranched alkanes of at least 4 members (excludes halogenated alkanes) is 1. The summed E-state index contributed by atoms with van der Waals surface area (Å²) in [5.74, 6) is 0.120. The van der Waals surface area contributed by atoms with E-state index in [1.54, 1.807) is 17.0 Å². The van der Waals surface area contributed by atoms with Gasteiger partial charge >= 0.3 is 0 Å². The Morgan fingerprint density at radius 3 is 2.48 bits per heavy atom. The number of amides is 1. The number of hydrogen-bond acceptors (Lipinski definition) is 4. The Kier molecular flexibility index (Phi) is 4.90. The number of rotatable bonds is 6. The number of nitrogens with zero attached hydrogens (tertiary/aromatic N) is 2. The maximum absolute atomic E-state index is 12.4. The van der Waals surface area contributed by atoms with Crippen LogP contribution in [0.5, 0.6) is 0 Å². The number of non-ortho nitro benzene ring substituents is 1. The Morgan fingerprint density at radius 2 is 1.95 bits per heavy atom. The maximum Gasteiger partial charge on any atom is 0.269 e. The number of carbonyl (C=O) groups excluding carboxylic acids is 1. The zero-order valence-corrected chi connectivity index (χ0v) is 12.4. The lowest BCUT2D eigenvalue weighted by Crippen LogP contribution is -2.30. The summed E-state index contributed by atoms with van der Waals surface area (Å²) in [6, 6.07) is 6.25. The van der Waals surface area contributed by atoms with Crippen LogP contribution in [0.1, 0.15) is 44.8 Å². The van der Waals surface area contributed by atoms with Crippen LogP contribution in [-0.2, 0) is 4.79 Å². The van der Waals surface area contributed by atoms with Gasteiger partial charge in [0.05, 0.1) is 11.0 Å². The second-order valence-electron chi connectivity index (χ2n) is 5.24. The third-order valence-electron chi connectivity index (χ3n) is 3.86. The van der Waals surface area contributed by atoms with Gasteiger partial charge in [0, 0.05) is 18.7 Å². The Balaban J connectivity index is 2.17. The van der Waals surface area contributed by atoms with Crippen molar-refractivity contribution in [3.63, 3.8) is 0 Å². The van der Waals surface area contributed by atoms with Crippen LogP contribution in [0.15, 0.2) is 24.3 Å². The Morgan fingerprint density at radius 1 is 1.29 bits per heavy atom. The molecule has 1 heterocycles. The van der Waals surface area contributed by atoms with Crippen molar-refractivity contribution in [1.82, 2.24) is 10.2 Å². The van der Waals surface area contributed by atoms with Crippen molar-refractivity contribution in [3.05, 3.63) is 39.9 Å². The minimum Gasteiger partial charge on any atom is -0.322 e. The number of nitro benzene ring substituents is 1. The second kappa shape index (κ2) is 6.67. The summed E-state index contributed by atoms with van der Waals surface area (Å²) in [4.78, 5) is 24.4. The molecule has 0 aliphatic carbocycles. The van der Waals surface area contributed by atoms with E-state index in [1.807, 2.05) is 6.92 Å². The first-order chi connectivity index (χ1) is 10.1. The molecule has 1 aromatic rings. The number of likely N-dealkylation sites (N-methyl/N-ethyl adjacent to an activating group) is 1. The molecule has 0 bridgehead atoms.